The van der Waals surface area contributed by atoms with Gasteiger partial charge in [0.1, 0.15) is 16.9 Å². The zero-order chi connectivity index (χ0) is 75.0. The van der Waals surface area contributed by atoms with Gasteiger partial charge in [-0.2, -0.15) is 0 Å². The van der Waals surface area contributed by atoms with Crippen LogP contribution in [0.3, 0.4) is 0 Å². The SMILES string of the molecule is CCC(C)(C)C(=O)Oc1ccccc1.CCC(C)C(=O)Nc1ccccc1.CCC(C)C(=O)OCCc1ccccc1.CCC(C)c1ccc2c(c1)oc1ccccc12.CCC(C)c1cccc2c1sc1ccccc12.CO.CO.CO.CO.CO.OO.OO.OO.OO.OO. The lowest BCUT2D eigenvalue weighted by Crippen LogP contribution is -2.28. The summed E-state index contributed by atoms with van der Waals surface area (Å²) in [5, 5.41) is 103. The van der Waals surface area contributed by atoms with Gasteiger partial charge in [-0.25, -0.2) is 0 Å². The predicted molar refractivity (Wildman–Crippen MR) is 389 cm³/mol. The maximum Gasteiger partial charge on any atom is 0.316 e. The van der Waals surface area contributed by atoms with Gasteiger partial charge in [-0.15, -0.1) is 11.3 Å². The number of para-hydroxylation sites is 3. The van der Waals surface area contributed by atoms with Crippen LogP contribution in [0.1, 0.15) is 137 Å². The van der Waals surface area contributed by atoms with Gasteiger partial charge in [0.15, 0.2) is 0 Å². The van der Waals surface area contributed by atoms with E-state index in [0.29, 0.717) is 24.2 Å². The van der Waals surface area contributed by atoms with E-state index < -0.39 is 5.41 Å². The number of carbonyl (C=O) groups is 3. The number of rotatable bonds is 15. The molecule has 23 heteroatoms. The summed E-state index contributed by atoms with van der Waals surface area (Å²) in [6, 6.07) is 59.0. The highest BCUT2D eigenvalue weighted by Crippen LogP contribution is 2.39. The van der Waals surface area contributed by atoms with Crippen LogP contribution in [-0.2, 0) is 25.5 Å². The molecule has 7 aromatic carbocycles. The van der Waals surface area contributed by atoms with Crippen molar-refractivity contribution in [2.75, 3.05) is 47.5 Å². The van der Waals surface area contributed by atoms with E-state index in [-0.39, 0.29) is 29.7 Å². The Balaban J connectivity index is -0.000000247. The lowest BCUT2D eigenvalue weighted by atomic mass is 9.91. The lowest BCUT2D eigenvalue weighted by Gasteiger charge is -2.19. The average molecular weight is 1370 g/mol. The van der Waals surface area contributed by atoms with Crippen LogP contribution >= 0.6 is 11.3 Å². The Bertz CT molecular complexity index is 3200. The maximum atomic E-state index is 11.6. The van der Waals surface area contributed by atoms with Crippen molar-refractivity contribution in [1.82, 2.24) is 0 Å². The fraction of sp³-hybridized carbons (Fsp3) is 0.384. The number of anilines is 1. The summed E-state index contributed by atoms with van der Waals surface area (Å²) in [7, 11) is 5.00. The molecule has 9 aromatic rings. The van der Waals surface area contributed by atoms with E-state index in [1.807, 2.05) is 151 Å². The Kier molecular flexibility index (Phi) is 68.4. The number of carbonyl (C=O) groups excluding carboxylic acids is 3. The van der Waals surface area contributed by atoms with Crippen molar-refractivity contribution in [3.63, 3.8) is 0 Å². The Morgan fingerprint density at radius 2 is 0.927 bits per heavy atom. The number of thiophene rings is 1. The third-order valence-corrected chi connectivity index (χ3v) is 15.4. The second-order valence-electron chi connectivity index (χ2n) is 20.1. The first-order valence-electron chi connectivity index (χ1n) is 30.5. The molecule has 9 rings (SSSR count). The summed E-state index contributed by atoms with van der Waals surface area (Å²) in [5.41, 5.74) is 6.51. The van der Waals surface area contributed by atoms with Crippen molar-refractivity contribution in [2.45, 2.75) is 127 Å². The molecule has 0 saturated heterocycles. The third-order valence-electron chi connectivity index (χ3n) is 14.1. The van der Waals surface area contributed by atoms with Crippen molar-refractivity contribution in [3.05, 3.63) is 193 Å². The molecule has 4 unspecified atom stereocenters. The smallest absolute Gasteiger partial charge is 0.316 e. The van der Waals surface area contributed by atoms with Crippen molar-refractivity contribution in [1.29, 1.82) is 0 Å². The number of amides is 1. The van der Waals surface area contributed by atoms with Crippen LogP contribution in [0, 0.1) is 17.3 Å². The van der Waals surface area contributed by atoms with Crippen LogP contribution < -0.4 is 10.1 Å². The monoisotopic (exact) mass is 1370 g/mol. The van der Waals surface area contributed by atoms with Gasteiger partial charge in [0.2, 0.25) is 5.91 Å². The molecule has 2 heterocycles. The first-order chi connectivity index (χ1) is 46.6. The summed E-state index contributed by atoms with van der Waals surface area (Å²) >= 11 is 1.93. The van der Waals surface area contributed by atoms with Gasteiger partial charge in [0.25, 0.3) is 0 Å². The Morgan fingerprint density at radius 1 is 0.479 bits per heavy atom. The lowest BCUT2D eigenvalue weighted by molar-refractivity contribution is -0.176. The minimum Gasteiger partial charge on any atom is -0.465 e. The van der Waals surface area contributed by atoms with Crippen LogP contribution in [0.2, 0.25) is 0 Å². The summed E-state index contributed by atoms with van der Waals surface area (Å²) in [4.78, 5) is 34.4. The highest BCUT2D eigenvalue weighted by atomic mass is 32.1. The van der Waals surface area contributed by atoms with E-state index in [1.54, 1.807) is 12.1 Å². The van der Waals surface area contributed by atoms with Gasteiger partial charge >= 0.3 is 11.9 Å². The van der Waals surface area contributed by atoms with Crippen LogP contribution in [0.15, 0.2) is 180 Å². The number of hydrogen-bond donors (Lipinski definition) is 16. The zero-order valence-electron chi connectivity index (χ0n) is 58.6. The Hall–Kier alpha value is -7.63. The minimum absolute atomic E-state index is 0.0146. The number of ether oxygens (including phenoxy) is 2. The topological polar surface area (TPSA) is 398 Å². The summed E-state index contributed by atoms with van der Waals surface area (Å²) < 4.78 is 19.2. The van der Waals surface area contributed by atoms with Gasteiger partial charge in [-0.1, -0.05) is 196 Å². The van der Waals surface area contributed by atoms with E-state index >= 15 is 0 Å². The largest absolute Gasteiger partial charge is 0.465 e. The molecule has 0 aliphatic carbocycles. The van der Waals surface area contributed by atoms with Crippen LogP contribution in [0.25, 0.3) is 42.1 Å². The minimum atomic E-state index is -0.407. The van der Waals surface area contributed by atoms with Gasteiger partial charge in [0.05, 0.1) is 17.9 Å². The molecule has 0 radical (unpaired) electrons. The number of benzene rings is 7. The molecule has 0 spiro atoms. The molecule has 1 amide bonds. The second-order valence-corrected chi connectivity index (χ2v) is 21.2. The zero-order valence-corrected chi connectivity index (χ0v) is 59.4. The molecular formula is C73H111NO21S. The van der Waals surface area contributed by atoms with Gasteiger partial charge < -0.3 is 44.7 Å². The average Bonchev–Trinajstić information content (AvgIpc) is 1.64. The number of esters is 2. The number of nitrogens with one attached hydrogen (secondary N) is 1. The van der Waals surface area contributed by atoms with E-state index in [2.05, 4.69) is 106 Å². The number of fused-ring (bicyclic) bond motifs is 6. The van der Waals surface area contributed by atoms with Crippen LogP contribution in [0.5, 0.6) is 5.75 Å². The van der Waals surface area contributed by atoms with E-state index in [4.69, 9.17) is 92.0 Å². The van der Waals surface area contributed by atoms with Crippen molar-refractivity contribution in [3.8, 4) is 5.75 Å². The van der Waals surface area contributed by atoms with Gasteiger partial charge in [-0.3, -0.25) is 67.0 Å². The number of hydrogen-bond acceptors (Lipinski definition) is 22. The second kappa shape index (κ2) is 66.0. The first kappa shape index (κ1) is 99.4. The molecule has 0 saturated carbocycles. The van der Waals surface area contributed by atoms with Crippen molar-refractivity contribution in [2.24, 2.45) is 17.3 Å². The van der Waals surface area contributed by atoms with Crippen LogP contribution in [-0.4, -0.2) is 138 Å². The first-order valence-corrected chi connectivity index (χ1v) is 31.3. The standard InChI is InChI=1S/C16H16O.C16H16S.C13H18O2.C12H16O2.C11H15NO.5CH4O.5H2O2/c1-3-11(2)12-8-9-14-13-6-4-5-7-15(13)17-16(14)10-12;1-3-11(2)12-8-6-9-14-13-7-4-5-10-15(13)17-16(12)14;1-3-11(2)13(14)15-10-9-12-7-5-4-6-8-12;1-4-12(2,3)11(13)14-10-8-6-5-7-9-10;1-3-9(2)11(13)12-10-7-5-4-6-8-10;10*1-2/h2*4-11H,3H2,1-2H3;4-8,11H,3,9-10H2,1-2H3;5-9H,4H2,1-3H3;4-9H,3H2,1-2H3,(H,12,13);5*2H,1H3;5*1-2H. The molecule has 16 N–H and O–H groups in total. The fourth-order valence-corrected chi connectivity index (χ4v) is 9.06. The molecule has 0 aliphatic heterocycles. The third kappa shape index (κ3) is 38.2. The summed E-state index contributed by atoms with van der Waals surface area (Å²) in [6.45, 7) is 23.1. The molecule has 0 aliphatic rings. The fourth-order valence-electron chi connectivity index (χ4n) is 7.74. The predicted octanol–water partition coefficient (Wildman–Crippen LogP) is 17.3. The summed E-state index contributed by atoms with van der Waals surface area (Å²) in [5.74, 6) is 1.77. The van der Waals surface area contributed by atoms with Crippen molar-refractivity contribution < 1.29 is 106 Å². The molecule has 0 fully saturated rings. The number of aliphatic hydroxyl groups is 5. The Morgan fingerprint density at radius 3 is 1.43 bits per heavy atom. The molecule has 96 heavy (non-hydrogen) atoms. The van der Waals surface area contributed by atoms with E-state index in [9.17, 15) is 14.4 Å². The highest BCUT2D eigenvalue weighted by Gasteiger charge is 2.27. The maximum absolute atomic E-state index is 11.6. The molecule has 540 valence electrons. The Labute approximate surface area is 570 Å². The van der Waals surface area contributed by atoms with E-state index in [0.717, 1.165) is 84.5 Å². The molecule has 2 aromatic heterocycles. The van der Waals surface area contributed by atoms with E-state index in [1.165, 1.54) is 54.1 Å². The molecule has 4 atom stereocenters. The summed E-state index contributed by atoms with van der Waals surface area (Å²) in [6.07, 6.45) is 5.64. The number of aliphatic hydroxyl groups excluding tert-OH is 5. The molecule has 22 nitrogen and oxygen atoms in total. The van der Waals surface area contributed by atoms with Crippen molar-refractivity contribution >= 4 is 77.0 Å². The van der Waals surface area contributed by atoms with Gasteiger partial charge in [-0.05, 0) is 117 Å². The quantitative estimate of drug-likeness (QED) is 0.0196. The molecule has 0 bridgehead atoms. The van der Waals surface area contributed by atoms with Gasteiger partial charge in [0, 0.05) is 84.5 Å². The molecular weight excluding hydrogens is 1260 g/mol. The number of furan rings is 1. The normalized spacial score (nSPS) is 10.5. The highest BCUT2D eigenvalue weighted by molar-refractivity contribution is 7.26. The van der Waals surface area contributed by atoms with Crippen LogP contribution in [0.4, 0.5) is 5.69 Å².